The summed E-state index contributed by atoms with van der Waals surface area (Å²) in [6.45, 7) is 10.2. The summed E-state index contributed by atoms with van der Waals surface area (Å²) in [5, 5.41) is 0. The normalized spacial score (nSPS) is 11.8. The van der Waals surface area contributed by atoms with Crippen LogP contribution in [0, 0.1) is 5.41 Å². The SMILES string of the molecule is CC(C)(C)OC(=O)CCC(CCC(=O)OC(C)(C)C)(C(=O)OCc1ccccc1)C(=O)OCc1ccccc1. The molecular formula is C31H40O8. The molecule has 0 radical (unpaired) electrons. The molecule has 0 saturated carbocycles. The van der Waals surface area contributed by atoms with E-state index in [9.17, 15) is 19.2 Å². The third-order valence-electron chi connectivity index (χ3n) is 5.56. The van der Waals surface area contributed by atoms with Crippen LogP contribution in [0.5, 0.6) is 0 Å². The first-order valence-corrected chi connectivity index (χ1v) is 13.1. The van der Waals surface area contributed by atoms with Crippen molar-refractivity contribution in [2.45, 2.75) is 91.6 Å². The number of carbonyl (C=O) groups is 4. The molecule has 0 aliphatic carbocycles. The maximum atomic E-state index is 13.7. The maximum Gasteiger partial charge on any atom is 0.323 e. The van der Waals surface area contributed by atoms with Crippen molar-refractivity contribution in [1.82, 2.24) is 0 Å². The Labute approximate surface area is 231 Å². The van der Waals surface area contributed by atoms with Gasteiger partial charge in [-0.25, -0.2) is 0 Å². The largest absolute Gasteiger partial charge is 0.460 e. The Hall–Kier alpha value is -3.68. The second kappa shape index (κ2) is 13.9. The van der Waals surface area contributed by atoms with Crippen molar-refractivity contribution >= 4 is 23.9 Å². The van der Waals surface area contributed by atoms with E-state index in [0.29, 0.717) is 0 Å². The molecule has 0 bridgehead atoms. The minimum atomic E-state index is -1.93. The third kappa shape index (κ3) is 11.3. The van der Waals surface area contributed by atoms with Crippen LogP contribution in [-0.2, 0) is 51.3 Å². The average Bonchev–Trinajstić information content (AvgIpc) is 2.85. The molecule has 0 atom stereocenters. The molecule has 0 spiro atoms. The number of hydrogen-bond acceptors (Lipinski definition) is 8. The molecule has 0 aliphatic heterocycles. The van der Waals surface area contributed by atoms with Crippen LogP contribution in [0.1, 0.15) is 78.4 Å². The Morgan fingerprint density at radius 2 is 0.897 bits per heavy atom. The number of hydrogen-bond donors (Lipinski definition) is 0. The van der Waals surface area contributed by atoms with Gasteiger partial charge in [-0.2, -0.15) is 0 Å². The van der Waals surface area contributed by atoms with E-state index in [0.717, 1.165) is 11.1 Å². The summed E-state index contributed by atoms with van der Waals surface area (Å²) in [4.78, 5) is 52.6. The van der Waals surface area contributed by atoms with E-state index in [1.807, 2.05) is 12.1 Å². The summed E-state index contributed by atoms with van der Waals surface area (Å²) >= 11 is 0. The van der Waals surface area contributed by atoms with Gasteiger partial charge in [0.25, 0.3) is 0 Å². The van der Waals surface area contributed by atoms with Crippen LogP contribution in [-0.4, -0.2) is 35.1 Å². The standard InChI is InChI=1S/C31H40O8/c1-29(2,3)38-25(32)17-19-31(20-18-26(33)39-30(4,5)6,27(34)36-21-23-13-9-7-10-14-23)28(35)37-22-24-15-11-8-12-16-24/h7-16H,17-22H2,1-6H3. The van der Waals surface area contributed by atoms with Gasteiger partial charge in [-0.1, -0.05) is 60.7 Å². The Morgan fingerprint density at radius 1 is 0.564 bits per heavy atom. The topological polar surface area (TPSA) is 105 Å². The molecular weight excluding hydrogens is 500 g/mol. The molecule has 0 unspecified atom stereocenters. The summed E-state index contributed by atoms with van der Waals surface area (Å²) in [6, 6.07) is 18.0. The Balaban J connectivity index is 2.36. The molecule has 0 N–H and O–H groups in total. The molecule has 8 heteroatoms. The highest BCUT2D eigenvalue weighted by atomic mass is 16.6. The summed E-state index contributed by atoms with van der Waals surface area (Å²) in [6.07, 6.45) is -1.03. The molecule has 2 rings (SSSR count). The van der Waals surface area contributed by atoms with Crippen LogP contribution >= 0.6 is 0 Å². The molecule has 212 valence electrons. The van der Waals surface area contributed by atoms with Gasteiger partial charge in [0.1, 0.15) is 24.4 Å². The van der Waals surface area contributed by atoms with E-state index >= 15 is 0 Å². The van der Waals surface area contributed by atoms with Crippen LogP contribution in [0.25, 0.3) is 0 Å². The second-order valence-electron chi connectivity index (χ2n) is 11.4. The first kappa shape index (κ1) is 31.5. The predicted molar refractivity (Wildman–Crippen MR) is 145 cm³/mol. The van der Waals surface area contributed by atoms with Crippen molar-refractivity contribution in [2.75, 3.05) is 0 Å². The molecule has 8 nitrogen and oxygen atoms in total. The fourth-order valence-corrected chi connectivity index (χ4v) is 3.76. The van der Waals surface area contributed by atoms with Crippen LogP contribution in [0.2, 0.25) is 0 Å². The molecule has 0 fully saturated rings. The van der Waals surface area contributed by atoms with Gasteiger partial charge in [-0.15, -0.1) is 0 Å². The molecule has 0 aliphatic rings. The third-order valence-corrected chi connectivity index (χ3v) is 5.56. The van der Waals surface area contributed by atoms with E-state index in [2.05, 4.69) is 0 Å². The lowest BCUT2D eigenvalue weighted by Crippen LogP contribution is -2.43. The van der Waals surface area contributed by atoms with E-state index in [-0.39, 0.29) is 38.9 Å². The van der Waals surface area contributed by atoms with Gasteiger partial charge in [0.05, 0.1) is 0 Å². The van der Waals surface area contributed by atoms with Crippen molar-refractivity contribution in [2.24, 2.45) is 5.41 Å². The second-order valence-corrected chi connectivity index (χ2v) is 11.4. The van der Waals surface area contributed by atoms with Crippen LogP contribution in [0.4, 0.5) is 0 Å². The number of rotatable bonds is 12. The zero-order chi connectivity index (χ0) is 29.1. The Kier molecular flexibility index (Phi) is 11.3. The zero-order valence-corrected chi connectivity index (χ0v) is 23.8. The lowest BCUT2D eigenvalue weighted by molar-refractivity contribution is -0.177. The minimum Gasteiger partial charge on any atom is -0.460 e. The van der Waals surface area contributed by atoms with Gasteiger partial charge in [0.2, 0.25) is 0 Å². The molecule has 2 aromatic carbocycles. The Morgan fingerprint density at radius 3 is 1.21 bits per heavy atom. The molecule has 0 heterocycles. The summed E-state index contributed by atoms with van der Waals surface area (Å²) in [5.74, 6) is -2.93. The van der Waals surface area contributed by atoms with Gasteiger partial charge < -0.3 is 18.9 Å². The number of benzene rings is 2. The summed E-state index contributed by atoms with van der Waals surface area (Å²) < 4.78 is 22.0. The lowest BCUT2D eigenvalue weighted by Gasteiger charge is -2.30. The van der Waals surface area contributed by atoms with Gasteiger partial charge >= 0.3 is 23.9 Å². The number of esters is 4. The molecule has 0 saturated heterocycles. The van der Waals surface area contributed by atoms with Crippen molar-refractivity contribution in [3.05, 3.63) is 71.8 Å². The minimum absolute atomic E-state index is 0.0910. The molecule has 0 amide bonds. The van der Waals surface area contributed by atoms with Gasteiger partial charge in [-0.05, 0) is 65.5 Å². The quantitative estimate of drug-likeness (QED) is 0.192. The van der Waals surface area contributed by atoms with Crippen LogP contribution in [0.15, 0.2) is 60.7 Å². The summed E-state index contributed by atoms with van der Waals surface area (Å²) in [7, 11) is 0. The van der Waals surface area contributed by atoms with E-state index < -0.39 is 40.5 Å². The highest BCUT2D eigenvalue weighted by molar-refractivity contribution is 6.00. The average molecular weight is 541 g/mol. The predicted octanol–water partition coefficient (Wildman–Crippen LogP) is 5.70. The molecule has 0 aromatic heterocycles. The summed E-state index contributed by atoms with van der Waals surface area (Å²) in [5.41, 5.74) is -2.00. The Bertz CT molecular complexity index is 1010. The fraction of sp³-hybridized carbons (Fsp3) is 0.484. The van der Waals surface area contributed by atoms with Gasteiger partial charge in [-0.3, -0.25) is 19.2 Å². The van der Waals surface area contributed by atoms with Crippen molar-refractivity contribution in [3.8, 4) is 0 Å². The first-order chi connectivity index (χ1) is 18.2. The maximum absolute atomic E-state index is 13.7. The fourth-order valence-electron chi connectivity index (χ4n) is 3.76. The van der Waals surface area contributed by atoms with Crippen molar-refractivity contribution in [1.29, 1.82) is 0 Å². The van der Waals surface area contributed by atoms with E-state index in [1.165, 1.54) is 0 Å². The smallest absolute Gasteiger partial charge is 0.323 e. The van der Waals surface area contributed by atoms with E-state index in [4.69, 9.17) is 18.9 Å². The highest BCUT2D eigenvalue weighted by Crippen LogP contribution is 2.35. The zero-order valence-electron chi connectivity index (χ0n) is 23.8. The van der Waals surface area contributed by atoms with Crippen LogP contribution in [0.3, 0.4) is 0 Å². The van der Waals surface area contributed by atoms with Crippen molar-refractivity contribution < 1.29 is 38.1 Å². The number of ether oxygens (including phenoxy) is 4. The highest BCUT2D eigenvalue weighted by Gasteiger charge is 2.49. The van der Waals surface area contributed by atoms with Gasteiger partial charge in [0.15, 0.2) is 5.41 Å². The number of carbonyl (C=O) groups excluding carboxylic acids is 4. The van der Waals surface area contributed by atoms with Crippen molar-refractivity contribution in [3.63, 3.8) is 0 Å². The monoisotopic (exact) mass is 540 g/mol. The van der Waals surface area contributed by atoms with Gasteiger partial charge in [0, 0.05) is 12.8 Å². The lowest BCUT2D eigenvalue weighted by atomic mass is 9.78. The van der Waals surface area contributed by atoms with E-state index in [1.54, 1.807) is 90.1 Å². The molecule has 2 aromatic rings. The first-order valence-electron chi connectivity index (χ1n) is 13.1. The molecule has 39 heavy (non-hydrogen) atoms. The van der Waals surface area contributed by atoms with Crippen LogP contribution < -0.4 is 0 Å².